The molecule has 3 aromatic rings. The molecule has 1 aromatic heterocycles. The van der Waals surface area contributed by atoms with Crippen molar-refractivity contribution in [1.29, 1.82) is 0 Å². The zero-order valence-electron chi connectivity index (χ0n) is 17.6. The number of aryl methyl sites for hydroxylation is 1. The smallest absolute Gasteiger partial charge is 0.198 e. The van der Waals surface area contributed by atoms with Gasteiger partial charge in [-0.15, -0.1) is 5.10 Å². The van der Waals surface area contributed by atoms with Crippen molar-refractivity contribution in [2.75, 3.05) is 13.1 Å². The summed E-state index contributed by atoms with van der Waals surface area (Å²) in [5.41, 5.74) is 1.99. The number of rotatable bonds is 6. The lowest BCUT2D eigenvalue weighted by atomic mass is 9.95. The minimum atomic E-state index is -3.60. The van der Waals surface area contributed by atoms with Crippen molar-refractivity contribution >= 4 is 21.4 Å². The highest BCUT2D eigenvalue weighted by molar-refractivity contribution is 7.90. The molecule has 9 heteroatoms. The summed E-state index contributed by atoms with van der Waals surface area (Å²) < 4.78 is 27.5. The number of hydrogen-bond donors (Lipinski definition) is 0. The number of halogens is 1. The van der Waals surface area contributed by atoms with Crippen LogP contribution in [0.15, 0.2) is 53.4 Å². The van der Waals surface area contributed by atoms with Crippen LogP contribution in [0.1, 0.15) is 42.8 Å². The Balaban J connectivity index is 1.69. The van der Waals surface area contributed by atoms with Gasteiger partial charge < -0.3 is 0 Å². The lowest BCUT2D eigenvalue weighted by molar-refractivity contribution is 0.150. The molecule has 0 spiro atoms. The SMILES string of the molecule is Cc1ccc(S(=O)(=O)Cn2nnnc2[C@H](c2ccc(Cl)cc2)N2CCC(C)CC2)cc1. The number of sulfone groups is 1. The Morgan fingerprint density at radius 3 is 2.35 bits per heavy atom. The molecule has 0 unspecified atom stereocenters. The van der Waals surface area contributed by atoms with E-state index in [0.29, 0.717) is 16.8 Å². The van der Waals surface area contributed by atoms with Gasteiger partial charge in [-0.3, -0.25) is 4.90 Å². The number of likely N-dealkylation sites (tertiary alicyclic amines) is 1. The van der Waals surface area contributed by atoms with Crippen LogP contribution in [0.5, 0.6) is 0 Å². The van der Waals surface area contributed by atoms with E-state index in [-0.39, 0.29) is 16.8 Å². The number of tetrazole rings is 1. The van der Waals surface area contributed by atoms with E-state index in [1.54, 1.807) is 24.3 Å². The highest BCUT2D eigenvalue weighted by atomic mass is 35.5. The first kappa shape index (κ1) is 21.9. The molecule has 2 aromatic carbocycles. The maximum Gasteiger partial charge on any atom is 0.198 e. The first-order valence-electron chi connectivity index (χ1n) is 10.4. The van der Waals surface area contributed by atoms with Gasteiger partial charge in [-0.05, 0) is 79.0 Å². The van der Waals surface area contributed by atoms with Crippen LogP contribution in [0.2, 0.25) is 5.02 Å². The predicted molar refractivity (Wildman–Crippen MR) is 119 cm³/mol. The maximum atomic E-state index is 13.0. The monoisotopic (exact) mass is 459 g/mol. The van der Waals surface area contributed by atoms with Crippen molar-refractivity contribution in [3.8, 4) is 0 Å². The second-order valence-electron chi connectivity index (χ2n) is 8.27. The summed E-state index contributed by atoms with van der Waals surface area (Å²) in [6.07, 6.45) is 2.15. The van der Waals surface area contributed by atoms with Crippen molar-refractivity contribution in [1.82, 2.24) is 25.1 Å². The number of benzene rings is 2. The molecule has 0 amide bonds. The quantitative estimate of drug-likeness (QED) is 0.556. The van der Waals surface area contributed by atoms with Gasteiger partial charge in [0.25, 0.3) is 0 Å². The van der Waals surface area contributed by atoms with Crippen LogP contribution in [0.25, 0.3) is 0 Å². The number of hydrogen-bond acceptors (Lipinski definition) is 6. The fourth-order valence-corrected chi connectivity index (χ4v) is 5.27. The summed E-state index contributed by atoms with van der Waals surface area (Å²) in [5.74, 6) is 0.875. The van der Waals surface area contributed by atoms with Crippen molar-refractivity contribution in [3.05, 3.63) is 70.5 Å². The average molecular weight is 460 g/mol. The van der Waals surface area contributed by atoms with Gasteiger partial charge in [0.05, 0.1) is 10.9 Å². The maximum absolute atomic E-state index is 13.0. The van der Waals surface area contributed by atoms with E-state index in [2.05, 4.69) is 27.3 Å². The summed E-state index contributed by atoms with van der Waals surface area (Å²) >= 11 is 6.11. The average Bonchev–Trinajstić information content (AvgIpc) is 3.18. The van der Waals surface area contributed by atoms with E-state index < -0.39 is 9.84 Å². The Labute approximate surface area is 187 Å². The van der Waals surface area contributed by atoms with Gasteiger partial charge in [0.2, 0.25) is 0 Å². The molecule has 0 N–H and O–H groups in total. The first-order chi connectivity index (χ1) is 14.8. The molecular formula is C22H26ClN5O2S. The lowest BCUT2D eigenvalue weighted by Crippen LogP contribution is -2.38. The lowest BCUT2D eigenvalue weighted by Gasteiger charge is -2.36. The summed E-state index contributed by atoms with van der Waals surface area (Å²) in [6.45, 7) is 5.97. The Bertz CT molecular complexity index is 1120. The van der Waals surface area contributed by atoms with E-state index in [1.807, 2.05) is 31.2 Å². The fraction of sp³-hybridized carbons (Fsp3) is 0.409. The molecule has 1 fully saturated rings. The Morgan fingerprint density at radius 1 is 1.06 bits per heavy atom. The largest absolute Gasteiger partial charge is 0.290 e. The van der Waals surface area contributed by atoms with Gasteiger partial charge in [-0.2, -0.15) is 0 Å². The Morgan fingerprint density at radius 2 is 1.71 bits per heavy atom. The van der Waals surface area contributed by atoms with Crippen LogP contribution in [0.3, 0.4) is 0 Å². The molecular weight excluding hydrogens is 434 g/mol. The van der Waals surface area contributed by atoms with Crippen molar-refractivity contribution < 1.29 is 8.42 Å². The molecule has 0 aliphatic carbocycles. The third-order valence-corrected chi connectivity index (χ3v) is 7.67. The van der Waals surface area contributed by atoms with E-state index in [4.69, 9.17) is 11.6 Å². The minimum absolute atomic E-state index is 0.243. The standard InChI is InChI=1S/C22H26ClN5O2S/c1-16-3-9-20(10-4-16)31(29,30)15-28-22(24-25-26-28)21(18-5-7-19(23)8-6-18)27-13-11-17(2)12-14-27/h3-10,17,21H,11-15H2,1-2H3/t21-/m0/s1. The molecule has 0 saturated carbocycles. The highest BCUT2D eigenvalue weighted by Crippen LogP contribution is 2.32. The zero-order chi connectivity index (χ0) is 22.0. The summed E-state index contributed by atoms with van der Waals surface area (Å²) in [4.78, 5) is 2.58. The molecule has 164 valence electrons. The van der Waals surface area contributed by atoms with Crippen LogP contribution >= 0.6 is 11.6 Å². The van der Waals surface area contributed by atoms with Crippen LogP contribution in [0, 0.1) is 12.8 Å². The first-order valence-corrected chi connectivity index (χ1v) is 12.4. The summed E-state index contributed by atoms with van der Waals surface area (Å²) in [7, 11) is -3.60. The highest BCUT2D eigenvalue weighted by Gasteiger charge is 2.31. The third-order valence-electron chi connectivity index (χ3n) is 5.85. The third kappa shape index (κ3) is 4.97. The van der Waals surface area contributed by atoms with E-state index in [0.717, 1.165) is 37.1 Å². The van der Waals surface area contributed by atoms with Crippen molar-refractivity contribution in [2.24, 2.45) is 5.92 Å². The van der Waals surface area contributed by atoms with E-state index >= 15 is 0 Å². The van der Waals surface area contributed by atoms with Gasteiger partial charge in [0, 0.05) is 5.02 Å². The van der Waals surface area contributed by atoms with Gasteiger partial charge in [-0.1, -0.05) is 48.4 Å². The van der Waals surface area contributed by atoms with Crippen molar-refractivity contribution in [3.63, 3.8) is 0 Å². The molecule has 0 radical (unpaired) electrons. The summed E-state index contributed by atoms with van der Waals surface area (Å²) in [6, 6.07) is 14.2. The second kappa shape index (κ2) is 9.06. The molecule has 1 aliphatic heterocycles. The molecule has 1 aliphatic rings. The Hall–Kier alpha value is -2.29. The van der Waals surface area contributed by atoms with Crippen LogP contribution < -0.4 is 0 Å². The number of nitrogens with zero attached hydrogens (tertiary/aromatic N) is 5. The molecule has 2 heterocycles. The zero-order valence-corrected chi connectivity index (χ0v) is 19.2. The molecule has 4 rings (SSSR count). The predicted octanol–water partition coefficient (Wildman–Crippen LogP) is 3.89. The molecule has 1 atom stereocenters. The number of piperidine rings is 1. The summed E-state index contributed by atoms with van der Waals surface area (Å²) in [5, 5.41) is 12.8. The fourth-order valence-electron chi connectivity index (χ4n) is 3.94. The molecule has 7 nitrogen and oxygen atoms in total. The van der Waals surface area contributed by atoms with Crippen LogP contribution in [-0.2, 0) is 15.7 Å². The topological polar surface area (TPSA) is 81.0 Å². The van der Waals surface area contributed by atoms with Crippen LogP contribution in [-0.4, -0.2) is 46.6 Å². The molecule has 31 heavy (non-hydrogen) atoms. The minimum Gasteiger partial charge on any atom is -0.290 e. The van der Waals surface area contributed by atoms with Gasteiger partial charge in [0.1, 0.15) is 0 Å². The van der Waals surface area contributed by atoms with E-state index in [1.165, 1.54) is 4.68 Å². The normalized spacial score (nSPS) is 17.0. The van der Waals surface area contributed by atoms with Crippen molar-refractivity contribution in [2.45, 2.75) is 43.5 Å². The molecule has 0 bridgehead atoms. The number of aromatic nitrogens is 4. The second-order valence-corrected chi connectivity index (χ2v) is 10.7. The Kier molecular flexibility index (Phi) is 6.41. The van der Waals surface area contributed by atoms with Gasteiger partial charge >= 0.3 is 0 Å². The van der Waals surface area contributed by atoms with E-state index in [9.17, 15) is 8.42 Å². The van der Waals surface area contributed by atoms with Crippen LogP contribution in [0.4, 0.5) is 0 Å². The van der Waals surface area contributed by atoms with Gasteiger partial charge in [0.15, 0.2) is 21.5 Å². The van der Waals surface area contributed by atoms with Gasteiger partial charge in [-0.25, -0.2) is 13.1 Å². The molecule has 1 saturated heterocycles.